The highest BCUT2D eigenvalue weighted by Gasteiger charge is 2.27. The van der Waals surface area contributed by atoms with Crippen molar-refractivity contribution in [2.24, 2.45) is 10.5 Å². The number of carbonyl (C=O) groups excluding carboxylic acids is 1. The fourth-order valence-electron chi connectivity index (χ4n) is 3.55. The maximum absolute atomic E-state index is 11.9. The zero-order valence-corrected chi connectivity index (χ0v) is 18.5. The third-order valence-electron chi connectivity index (χ3n) is 4.56. The van der Waals surface area contributed by atoms with Crippen LogP contribution in [0.25, 0.3) is 0 Å². The highest BCUT2D eigenvalue weighted by molar-refractivity contribution is 5.84. The Morgan fingerprint density at radius 1 is 1.13 bits per heavy atom. The molecule has 0 saturated heterocycles. The summed E-state index contributed by atoms with van der Waals surface area (Å²) in [5.74, 6) is -0.605. The van der Waals surface area contributed by atoms with Crippen molar-refractivity contribution in [1.82, 2.24) is 5.43 Å². The van der Waals surface area contributed by atoms with Crippen LogP contribution in [0.4, 0.5) is 5.69 Å². The molecule has 0 radical (unpaired) electrons. The Balaban J connectivity index is 1.88. The van der Waals surface area contributed by atoms with E-state index in [2.05, 4.69) is 45.1 Å². The van der Waals surface area contributed by atoms with Gasteiger partial charge in [0.15, 0.2) is 6.61 Å². The lowest BCUT2D eigenvalue weighted by Crippen LogP contribution is -2.25. The topological polar surface area (TPSA) is 117 Å². The van der Waals surface area contributed by atoms with Crippen molar-refractivity contribution in [3.05, 3.63) is 63.7 Å². The van der Waals surface area contributed by atoms with Crippen LogP contribution in [0.1, 0.15) is 52.2 Å². The van der Waals surface area contributed by atoms with Gasteiger partial charge in [-0.05, 0) is 40.7 Å². The molecule has 2 aromatic rings. The highest BCUT2D eigenvalue weighted by atomic mass is 16.6. The molecular formula is C23H28N3O5-. The summed E-state index contributed by atoms with van der Waals surface area (Å²) in [5.41, 5.74) is 3.48. The van der Waals surface area contributed by atoms with Crippen LogP contribution in [-0.4, -0.2) is 23.7 Å². The molecule has 2 rings (SSSR count). The minimum atomic E-state index is -0.762. The number of nitrogens with one attached hydrogen (secondary N) is 1. The van der Waals surface area contributed by atoms with Gasteiger partial charge in [0.1, 0.15) is 5.75 Å². The minimum Gasteiger partial charge on any atom is -0.868 e. The predicted molar refractivity (Wildman–Crippen MR) is 117 cm³/mol. The second-order valence-corrected chi connectivity index (χ2v) is 9.21. The van der Waals surface area contributed by atoms with Crippen LogP contribution in [0.3, 0.4) is 0 Å². The molecule has 0 fully saturated rings. The molecule has 8 nitrogen and oxygen atoms in total. The first-order chi connectivity index (χ1) is 14.4. The molecule has 0 bridgehead atoms. The lowest BCUT2D eigenvalue weighted by atomic mass is 9.72. The van der Waals surface area contributed by atoms with Gasteiger partial charge in [-0.2, -0.15) is 5.10 Å². The molecule has 0 saturated carbocycles. The van der Waals surface area contributed by atoms with Crippen molar-refractivity contribution >= 4 is 17.8 Å². The van der Waals surface area contributed by atoms with E-state index in [4.69, 9.17) is 4.74 Å². The summed E-state index contributed by atoms with van der Waals surface area (Å²) >= 11 is 0. The summed E-state index contributed by atoms with van der Waals surface area (Å²) in [6.07, 6.45) is 2.25. The lowest BCUT2D eigenvalue weighted by Gasteiger charge is -2.33. The number of rotatable bonds is 8. The summed E-state index contributed by atoms with van der Waals surface area (Å²) in [6, 6.07) is 11.2. The average Bonchev–Trinajstić information content (AvgIpc) is 2.66. The number of carbonyl (C=O) groups is 1. The molecular weight excluding hydrogens is 398 g/mol. The number of hydrogen-bond donors (Lipinski definition) is 1. The maximum Gasteiger partial charge on any atom is 0.277 e. The third kappa shape index (κ3) is 7.40. The van der Waals surface area contributed by atoms with Crippen LogP contribution in [0.5, 0.6) is 11.5 Å². The van der Waals surface area contributed by atoms with Gasteiger partial charge < -0.3 is 9.84 Å². The Morgan fingerprint density at radius 2 is 1.77 bits per heavy atom. The zero-order chi connectivity index (χ0) is 23.2. The molecule has 0 aliphatic heterocycles. The van der Waals surface area contributed by atoms with E-state index in [1.165, 1.54) is 17.8 Å². The number of nitro benzene ring substituents is 1. The summed E-state index contributed by atoms with van der Waals surface area (Å²) in [4.78, 5) is 21.9. The number of benzene rings is 2. The van der Waals surface area contributed by atoms with Gasteiger partial charge in [-0.25, -0.2) is 5.43 Å². The van der Waals surface area contributed by atoms with Gasteiger partial charge in [-0.1, -0.05) is 58.9 Å². The SMILES string of the molecule is CC(C)(C)CC(C)(C)c1ccc(OCC(=O)N/N=C\c2ccc([O-])c([N+](=O)[O-])c2)cc1. The molecule has 1 amide bonds. The molecule has 1 N–H and O–H groups in total. The van der Waals surface area contributed by atoms with Crippen LogP contribution in [-0.2, 0) is 10.2 Å². The quantitative estimate of drug-likeness (QED) is 0.390. The van der Waals surface area contributed by atoms with E-state index in [0.717, 1.165) is 18.6 Å². The first-order valence-corrected chi connectivity index (χ1v) is 9.88. The van der Waals surface area contributed by atoms with Crippen molar-refractivity contribution in [1.29, 1.82) is 0 Å². The minimum absolute atomic E-state index is 0.0161. The molecule has 0 heterocycles. The third-order valence-corrected chi connectivity index (χ3v) is 4.56. The maximum atomic E-state index is 11.9. The monoisotopic (exact) mass is 426 g/mol. The number of amides is 1. The summed E-state index contributed by atoms with van der Waals surface area (Å²) in [5, 5.41) is 25.9. The molecule has 0 aliphatic carbocycles. The highest BCUT2D eigenvalue weighted by Crippen LogP contribution is 2.36. The van der Waals surface area contributed by atoms with Crippen molar-refractivity contribution in [3.63, 3.8) is 0 Å². The summed E-state index contributed by atoms with van der Waals surface area (Å²) in [7, 11) is 0. The Bertz CT molecular complexity index is 960. The van der Waals surface area contributed by atoms with Crippen molar-refractivity contribution < 1.29 is 19.6 Å². The van der Waals surface area contributed by atoms with E-state index >= 15 is 0 Å². The van der Waals surface area contributed by atoms with Crippen LogP contribution in [0.15, 0.2) is 47.6 Å². The molecule has 166 valence electrons. The predicted octanol–water partition coefficient (Wildman–Crippen LogP) is 3.91. The van der Waals surface area contributed by atoms with E-state index in [1.807, 2.05) is 24.3 Å². The molecule has 0 unspecified atom stereocenters. The first kappa shape index (κ1) is 23.9. The van der Waals surface area contributed by atoms with E-state index in [-0.39, 0.29) is 17.4 Å². The largest absolute Gasteiger partial charge is 0.868 e. The number of nitrogens with zero attached hydrogens (tertiary/aromatic N) is 2. The standard InChI is InChI=1S/C23H29N3O5/c1-22(2,3)15-23(4,5)17-7-9-18(10-8-17)31-14-21(28)25-24-13-16-6-11-20(27)19(12-16)26(29)30/h6-13,27H,14-15H2,1-5H3,(H,25,28)/p-1/b24-13-. The van der Waals surface area contributed by atoms with E-state index in [1.54, 1.807) is 0 Å². The van der Waals surface area contributed by atoms with Crippen LogP contribution in [0, 0.1) is 15.5 Å². The molecule has 0 aromatic heterocycles. The summed E-state index contributed by atoms with van der Waals surface area (Å²) < 4.78 is 5.49. The fraction of sp³-hybridized carbons (Fsp3) is 0.391. The van der Waals surface area contributed by atoms with Crippen molar-refractivity contribution in [3.8, 4) is 11.5 Å². The lowest BCUT2D eigenvalue weighted by molar-refractivity contribution is -0.398. The van der Waals surface area contributed by atoms with Crippen molar-refractivity contribution in [2.45, 2.75) is 46.5 Å². The Hall–Kier alpha value is -3.42. The Labute approximate surface area is 182 Å². The number of nitro groups is 1. The van der Waals surface area contributed by atoms with E-state index < -0.39 is 22.3 Å². The molecule has 0 aliphatic rings. The first-order valence-electron chi connectivity index (χ1n) is 9.88. The Kier molecular flexibility index (Phi) is 7.38. The molecule has 0 spiro atoms. The van der Waals surface area contributed by atoms with Gasteiger partial charge in [0.25, 0.3) is 11.6 Å². The summed E-state index contributed by atoms with van der Waals surface area (Å²) in [6.45, 7) is 10.8. The van der Waals surface area contributed by atoms with Gasteiger partial charge in [-0.15, -0.1) is 0 Å². The number of ether oxygens (including phenoxy) is 1. The molecule has 8 heteroatoms. The Morgan fingerprint density at radius 3 is 2.35 bits per heavy atom. The smallest absolute Gasteiger partial charge is 0.277 e. The molecule has 0 atom stereocenters. The van der Waals surface area contributed by atoms with Gasteiger partial charge in [0.05, 0.1) is 11.1 Å². The van der Waals surface area contributed by atoms with Crippen LogP contribution in [0.2, 0.25) is 0 Å². The van der Waals surface area contributed by atoms with Gasteiger partial charge >= 0.3 is 0 Å². The van der Waals surface area contributed by atoms with E-state index in [9.17, 15) is 20.0 Å². The normalized spacial score (nSPS) is 12.0. The van der Waals surface area contributed by atoms with Crippen LogP contribution >= 0.6 is 0 Å². The number of hydrazone groups is 1. The second kappa shape index (κ2) is 9.59. The zero-order valence-electron chi connectivity index (χ0n) is 18.5. The van der Waals surface area contributed by atoms with Crippen molar-refractivity contribution in [2.75, 3.05) is 6.61 Å². The average molecular weight is 426 g/mol. The number of hydrogen-bond acceptors (Lipinski definition) is 6. The fourth-order valence-corrected chi connectivity index (χ4v) is 3.55. The van der Waals surface area contributed by atoms with Gasteiger partial charge in [0.2, 0.25) is 0 Å². The molecule has 31 heavy (non-hydrogen) atoms. The van der Waals surface area contributed by atoms with Gasteiger partial charge in [-0.3, -0.25) is 14.9 Å². The second-order valence-electron chi connectivity index (χ2n) is 9.21. The van der Waals surface area contributed by atoms with Gasteiger partial charge in [0, 0.05) is 11.6 Å². The molecule has 2 aromatic carbocycles. The van der Waals surface area contributed by atoms with Crippen LogP contribution < -0.4 is 15.3 Å². The van der Waals surface area contributed by atoms with E-state index in [0.29, 0.717) is 11.3 Å².